The number of hydrogen-bond donors (Lipinski definition) is 1. The Kier molecular flexibility index (Phi) is 3.28. The predicted molar refractivity (Wildman–Crippen MR) is 74.3 cm³/mol. The number of carbonyl (C=O) groups excluding carboxylic acids is 1. The molecule has 0 bridgehead atoms. The van der Waals surface area contributed by atoms with Crippen molar-refractivity contribution < 1.29 is 4.79 Å². The molecule has 4 nitrogen and oxygen atoms in total. The van der Waals surface area contributed by atoms with Crippen LogP contribution in [0.4, 0.5) is 5.69 Å². The predicted octanol–water partition coefficient (Wildman–Crippen LogP) is 2.09. The highest BCUT2D eigenvalue weighted by Gasteiger charge is 2.13. The van der Waals surface area contributed by atoms with Crippen LogP contribution in [-0.2, 0) is 11.3 Å². The lowest BCUT2D eigenvalue weighted by Crippen LogP contribution is -2.35. The van der Waals surface area contributed by atoms with Gasteiger partial charge in [-0.15, -0.1) is 0 Å². The van der Waals surface area contributed by atoms with Gasteiger partial charge >= 0.3 is 0 Å². The Hall–Kier alpha value is -1.97. The third kappa shape index (κ3) is 2.18. The number of aromatic nitrogens is 1. The Balaban J connectivity index is 2.28. The molecule has 2 aromatic rings. The number of nitrogens with two attached hydrogens (primary N) is 1. The zero-order chi connectivity index (χ0) is 13.3. The fourth-order valence-corrected chi connectivity index (χ4v) is 1.93. The number of amides is 1. The highest BCUT2D eigenvalue weighted by molar-refractivity contribution is 5.92. The van der Waals surface area contributed by atoms with E-state index in [2.05, 4.69) is 0 Å². The number of rotatable bonds is 3. The number of nitrogen functional groups attached to an aromatic ring is 1. The van der Waals surface area contributed by atoms with Crippen LogP contribution in [0, 0.1) is 0 Å². The van der Waals surface area contributed by atoms with Crippen molar-refractivity contribution in [2.75, 3.05) is 12.8 Å². The van der Waals surface area contributed by atoms with Gasteiger partial charge in [-0.25, -0.2) is 0 Å². The maximum Gasteiger partial charge on any atom is 0.242 e. The van der Waals surface area contributed by atoms with Crippen LogP contribution in [0.1, 0.15) is 13.8 Å². The van der Waals surface area contributed by atoms with E-state index >= 15 is 0 Å². The lowest BCUT2D eigenvalue weighted by Gasteiger charge is -2.21. The molecule has 1 aromatic heterocycles. The van der Waals surface area contributed by atoms with Gasteiger partial charge in [0, 0.05) is 30.4 Å². The molecule has 2 N–H and O–H groups in total. The summed E-state index contributed by atoms with van der Waals surface area (Å²) in [5.41, 5.74) is 7.65. The van der Waals surface area contributed by atoms with Crippen LogP contribution in [0.2, 0.25) is 0 Å². The number of carbonyl (C=O) groups is 1. The van der Waals surface area contributed by atoms with E-state index in [1.807, 2.05) is 55.9 Å². The first-order valence-electron chi connectivity index (χ1n) is 6.09. The third-order valence-corrected chi connectivity index (χ3v) is 3.32. The molecule has 0 fully saturated rings. The summed E-state index contributed by atoms with van der Waals surface area (Å²) in [7, 11) is 1.83. The van der Waals surface area contributed by atoms with Crippen molar-refractivity contribution in [1.82, 2.24) is 9.47 Å². The molecule has 4 heteroatoms. The van der Waals surface area contributed by atoms with Crippen molar-refractivity contribution in [1.29, 1.82) is 0 Å². The number of fused-ring (bicyclic) bond motifs is 1. The minimum Gasteiger partial charge on any atom is -0.398 e. The summed E-state index contributed by atoms with van der Waals surface area (Å²) in [5.74, 6) is 0.102. The largest absolute Gasteiger partial charge is 0.398 e. The van der Waals surface area contributed by atoms with Gasteiger partial charge in [0.2, 0.25) is 5.91 Å². The SMILES string of the molecule is CC(C)N(C)C(=O)Cn1ccc2c(N)cccc21. The number of likely N-dealkylation sites (N-methyl/N-ethyl adjacent to an activating group) is 1. The van der Waals surface area contributed by atoms with Gasteiger partial charge in [0.05, 0.1) is 5.52 Å². The minimum absolute atomic E-state index is 0.102. The van der Waals surface area contributed by atoms with Crippen molar-refractivity contribution in [3.8, 4) is 0 Å². The number of anilines is 1. The second-order valence-electron chi connectivity index (χ2n) is 4.82. The number of hydrogen-bond acceptors (Lipinski definition) is 2. The monoisotopic (exact) mass is 245 g/mol. The smallest absolute Gasteiger partial charge is 0.242 e. The average molecular weight is 245 g/mol. The summed E-state index contributed by atoms with van der Waals surface area (Å²) in [4.78, 5) is 13.8. The van der Waals surface area contributed by atoms with Crippen molar-refractivity contribution in [3.63, 3.8) is 0 Å². The summed E-state index contributed by atoms with van der Waals surface area (Å²) in [6.45, 7) is 4.36. The van der Waals surface area contributed by atoms with E-state index in [1.165, 1.54) is 0 Å². The normalized spacial score (nSPS) is 11.1. The van der Waals surface area contributed by atoms with Crippen LogP contribution in [0.15, 0.2) is 30.5 Å². The third-order valence-electron chi connectivity index (χ3n) is 3.32. The van der Waals surface area contributed by atoms with Gasteiger partial charge in [0.1, 0.15) is 6.54 Å². The van der Waals surface area contributed by atoms with E-state index in [-0.39, 0.29) is 11.9 Å². The molecule has 0 unspecified atom stereocenters. The highest BCUT2D eigenvalue weighted by atomic mass is 16.2. The van der Waals surface area contributed by atoms with E-state index in [4.69, 9.17) is 5.73 Å². The second kappa shape index (κ2) is 4.72. The van der Waals surface area contributed by atoms with Crippen molar-refractivity contribution in [2.45, 2.75) is 26.4 Å². The maximum atomic E-state index is 12.1. The van der Waals surface area contributed by atoms with Crippen LogP contribution < -0.4 is 5.73 Å². The molecule has 2 rings (SSSR count). The Morgan fingerprint density at radius 2 is 2.11 bits per heavy atom. The van der Waals surface area contributed by atoms with E-state index in [1.54, 1.807) is 4.90 Å². The quantitative estimate of drug-likeness (QED) is 0.842. The fourth-order valence-electron chi connectivity index (χ4n) is 1.93. The molecule has 1 heterocycles. The van der Waals surface area contributed by atoms with Gasteiger partial charge < -0.3 is 15.2 Å². The average Bonchev–Trinajstić information content (AvgIpc) is 2.73. The zero-order valence-corrected chi connectivity index (χ0v) is 11.1. The molecule has 0 aliphatic carbocycles. The van der Waals surface area contributed by atoms with E-state index in [0.717, 1.165) is 16.6 Å². The van der Waals surface area contributed by atoms with Crippen molar-refractivity contribution >= 4 is 22.5 Å². The summed E-state index contributed by atoms with van der Waals surface area (Å²) in [6.07, 6.45) is 1.91. The molecule has 96 valence electrons. The summed E-state index contributed by atoms with van der Waals surface area (Å²) >= 11 is 0. The van der Waals surface area contributed by atoms with Crippen LogP contribution in [-0.4, -0.2) is 28.5 Å². The Labute approximate surface area is 107 Å². The molecular formula is C14H19N3O. The maximum absolute atomic E-state index is 12.1. The molecule has 0 saturated carbocycles. The van der Waals surface area contributed by atoms with Crippen LogP contribution in [0.25, 0.3) is 10.9 Å². The van der Waals surface area contributed by atoms with Crippen molar-refractivity contribution in [3.05, 3.63) is 30.5 Å². The summed E-state index contributed by atoms with van der Waals surface area (Å²) < 4.78 is 1.94. The minimum atomic E-state index is 0.102. The van der Waals surface area contributed by atoms with E-state index < -0.39 is 0 Å². The van der Waals surface area contributed by atoms with Gasteiger partial charge in [-0.05, 0) is 32.0 Å². The molecule has 0 spiro atoms. The number of benzene rings is 1. The Morgan fingerprint density at radius 3 is 2.78 bits per heavy atom. The van der Waals surface area contributed by atoms with Crippen LogP contribution in [0.3, 0.4) is 0 Å². The van der Waals surface area contributed by atoms with Crippen LogP contribution >= 0.6 is 0 Å². The van der Waals surface area contributed by atoms with Gasteiger partial charge in [0.15, 0.2) is 0 Å². The van der Waals surface area contributed by atoms with Crippen molar-refractivity contribution in [2.24, 2.45) is 0 Å². The first-order chi connectivity index (χ1) is 8.50. The molecule has 18 heavy (non-hydrogen) atoms. The summed E-state index contributed by atoms with van der Waals surface area (Å²) in [6, 6.07) is 7.92. The van der Waals surface area contributed by atoms with Gasteiger partial charge in [-0.2, -0.15) is 0 Å². The topological polar surface area (TPSA) is 51.3 Å². The standard InChI is InChI=1S/C14H19N3O/c1-10(2)16(3)14(18)9-17-8-7-11-12(15)5-4-6-13(11)17/h4-8,10H,9,15H2,1-3H3. The number of nitrogens with zero attached hydrogens (tertiary/aromatic N) is 2. The second-order valence-corrected chi connectivity index (χ2v) is 4.82. The lowest BCUT2D eigenvalue weighted by molar-refractivity contribution is -0.131. The molecule has 0 aliphatic rings. The van der Waals surface area contributed by atoms with Gasteiger partial charge in [-0.3, -0.25) is 4.79 Å². The lowest BCUT2D eigenvalue weighted by atomic mass is 10.2. The van der Waals surface area contributed by atoms with Gasteiger partial charge in [0.25, 0.3) is 0 Å². The van der Waals surface area contributed by atoms with E-state index in [0.29, 0.717) is 6.54 Å². The molecule has 1 amide bonds. The molecule has 0 saturated heterocycles. The first kappa shape index (κ1) is 12.5. The zero-order valence-electron chi connectivity index (χ0n) is 11.1. The molecule has 0 aliphatic heterocycles. The Bertz CT molecular complexity index is 571. The molecule has 1 aromatic carbocycles. The summed E-state index contributed by atoms with van der Waals surface area (Å²) in [5, 5.41) is 0.998. The molecule has 0 atom stereocenters. The molecular weight excluding hydrogens is 226 g/mol. The van der Waals surface area contributed by atoms with Crippen LogP contribution in [0.5, 0.6) is 0 Å². The highest BCUT2D eigenvalue weighted by Crippen LogP contribution is 2.21. The first-order valence-corrected chi connectivity index (χ1v) is 6.09. The molecule has 0 radical (unpaired) electrons. The van der Waals surface area contributed by atoms with Gasteiger partial charge in [-0.1, -0.05) is 6.07 Å². The van der Waals surface area contributed by atoms with E-state index in [9.17, 15) is 4.79 Å². The fraction of sp³-hybridized carbons (Fsp3) is 0.357. The Morgan fingerprint density at radius 1 is 1.39 bits per heavy atom.